The molecule has 2 aromatic rings. The van der Waals surface area contributed by atoms with Crippen LogP contribution in [0.5, 0.6) is 5.75 Å². The number of imide groups is 1. The lowest BCUT2D eigenvalue weighted by Gasteiger charge is -2.17. The molecule has 4 nitrogen and oxygen atoms in total. The number of ether oxygens (including phenoxy) is 1. The van der Waals surface area contributed by atoms with Gasteiger partial charge in [-0.05, 0) is 18.2 Å². The van der Waals surface area contributed by atoms with Crippen LogP contribution in [0.2, 0.25) is 0 Å². The lowest BCUT2D eigenvalue weighted by molar-refractivity contribution is 0.0926. The molecule has 0 spiro atoms. The zero-order valence-electron chi connectivity index (χ0n) is 12.4. The Labute approximate surface area is 128 Å². The summed E-state index contributed by atoms with van der Waals surface area (Å²) in [7, 11) is 0. The second kappa shape index (κ2) is 4.19. The van der Waals surface area contributed by atoms with Crippen LogP contribution in [0.1, 0.15) is 40.1 Å². The molecule has 2 aliphatic heterocycles. The average Bonchev–Trinajstić information content (AvgIpc) is 2.95. The summed E-state index contributed by atoms with van der Waals surface area (Å²) < 4.78 is 5.71. The van der Waals surface area contributed by atoms with Crippen molar-refractivity contribution in [2.24, 2.45) is 0 Å². The fourth-order valence-corrected chi connectivity index (χ4v) is 3.09. The second-order valence-electron chi connectivity index (χ2n) is 6.34. The Morgan fingerprint density at radius 2 is 1.64 bits per heavy atom. The highest BCUT2D eigenvalue weighted by atomic mass is 16.5. The number of amides is 2. The Hall–Kier alpha value is -2.62. The van der Waals surface area contributed by atoms with Crippen molar-refractivity contribution in [3.63, 3.8) is 0 Å². The van der Waals surface area contributed by atoms with E-state index in [1.54, 1.807) is 30.3 Å². The molecule has 0 saturated heterocycles. The summed E-state index contributed by atoms with van der Waals surface area (Å²) in [5.74, 6) is 0.190. The van der Waals surface area contributed by atoms with E-state index in [1.165, 1.54) is 4.90 Å². The maximum Gasteiger partial charge on any atom is 0.266 e. The molecule has 2 heterocycles. The van der Waals surface area contributed by atoms with Gasteiger partial charge >= 0.3 is 0 Å². The SMILES string of the molecule is CC1(C)COc2cc(N3C(=O)c4ccccc4C3=O)ccc21. The van der Waals surface area contributed by atoms with Gasteiger partial charge in [0.25, 0.3) is 11.8 Å². The fraction of sp³-hybridized carbons (Fsp3) is 0.222. The molecule has 0 aromatic heterocycles. The first-order valence-corrected chi connectivity index (χ1v) is 7.24. The van der Waals surface area contributed by atoms with Crippen molar-refractivity contribution in [1.82, 2.24) is 0 Å². The zero-order chi connectivity index (χ0) is 15.5. The molecule has 0 N–H and O–H groups in total. The van der Waals surface area contributed by atoms with E-state index >= 15 is 0 Å². The Balaban J connectivity index is 1.79. The monoisotopic (exact) mass is 293 g/mol. The largest absolute Gasteiger partial charge is 0.492 e. The standard InChI is InChI=1S/C18H15NO3/c1-18(2)10-22-15-9-11(7-8-14(15)18)19-16(20)12-5-3-4-6-13(12)17(19)21/h3-9H,10H2,1-2H3. The van der Waals surface area contributed by atoms with Crippen molar-refractivity contribution >= 4 is 17.5 Å². The Morgan fingerprint density at radius 3 is 2.27 bits per heavy atom. The van der Waals surface area contributed by atoms with Crippen LogP contribution in [0.25, 0.3) is 0 Å². The molecule has 22 heavy (non-hydrogen) atoms. The van der Waals surface area contributed by atoms with Crippen molar-refractivity contribution in [2.45, 2.75) is 19.3 Å². The van der Waals surface area contributed by atoms with E-state index in [4.69, 9.17) is 4.74 Å². The van der Waals surface area contributed by atoms with Crippen molar-refractivity contribution in [1.29, 1.82) is 0 Å². The van der Waals surface area contributed by atoms with Gasteiger partial charge in [0.15, 0.2) is 0 Å². The van der Waals surface area contributed by atoms with Crippen molar-refractivity contribution in [2.75, 3.05) is 11.5 Å². The minimum Gasteiger partial charge on any atom is -0.492 e. The Bertz CT molecular complexity index is 788. The summed E-state index contributed by atoms with van der Waals surface area (Å²) in [5, 5.41) is 0. The first-order valence-electron chi connectivity index (χ1n) is 7.24. The van der Waals surface area contributed by atoms with E-state index in [0.717, 1.165) is 11.3 Å². The zero-order valence-corrected chi connectivity index (χ0v) is 12.4. The number of benzene rings is 2. The number of hydrogen-bond acceptors (Lipinski definition) is 3. The number of anilines is 1. The fourth-order valence-electron chi connectivity index (χ4n) is 3.09. The maximum atomic E-state index is 12.5. The van der Waals surface area contributed by atoms with Gasteiger partial charge < -0.3 is 4.74 Å². The third-order valence-electron chi connectivity index (χ3n) is 4.34. The third-order valence-corrected chi connectivity index (χ3v) is 4.34. The highest BCUT2D eigenvalue weighted by Gasteiger charge is 2.38. The molecule has 0 aliphatic carbocycles. The molecular formula is C18H15NO3. The molecule has 2 aliphatic rings. The lowest BCUT2D eigenvalue weighted by Crippen LogP contribution is -2.29. The van der Waals surface area contributed by atoms with E-state index in [1.807, 2.05) is 12.1 Å². The summed E-state index contributed by atoms with van der Waals surface area (Å²) in [6.07, 6.45) is 0. The molecule has 0 saturated carbocycles. The van der Waals surface area contributed by atoms with Crippen LogP contribution in [0, 0.1) is 0 Å². The van der Waals surface area contributed by atoms with Gasteiger partial charge in [0.2, 0.25) is 0 Å². The van der Waals surface area contributed by atoms with Gasteiger partial charge in [0.1, 0.15) is 5.75 Å². The van der Waals surface area contributed by atoms with Gasteiger partial charge in [-0.25, -0.2) is 4.90 Å². The first-order chi connectivity index (χ1) is 10.5. The highest BCUT2D eigenvalue weighted by Crippen LogP contribution is 2.41. The van der Waals surface area contributed by atoms with Gasteiger partial charge in [-0.15, -0.1) is 0 Å². The van der Waals surface area contributed by atoms with Crippen LogP contribution in [-0.2, 0) is 5.41 Å². The highest BCUT2D eigenvalue weighted by molar-refractivity contribution is 6.34. The topological polar surface area (TPSA) is 46.6 Å². The molecule has 0 radical (unpaired) electrons. The van der Waals surface area contributed by atoms with Crippen LogP contribution in [0.3, 0.4) is 0 Å². The quantitative estimate of drug-likeness (QED) is 0.759. The lowest BCUT2D eigenvalue weighted by atomic mass is 9.87. The Kier molecular flexibility index (Phi) is 2.49. The van der Waals surface area contributed by atoms with E-state index in [9.17, 15) is 9.59 Å². The van der Waals surface area contributed by atoms with Gasteiger partial charge in [-0.3, -0.25) is 9.59 Å². The molecule has 0 bridgehead atoms. The van der Waals surface area contributed by atoms with Crippen LogP contribution in [0.15, 0.2) is 42.5 Å². The summed E-state index contributed by atoms with van der Waals surface area (Å²) in [5.41, 5.74) is 2.52. The molecule has 4 rings (SSSR count). The summed E-state index contributed by atoms with van der Waals surface area (Å²) in [4.78, 5) is 26.2. The van der Waals surface area contributed by atoms with E-state index in [-0.39, 0.29) is 17.2 Å². The Morgan fingerprint density at radius 1 is 1.00 bits per heavy atom. The minimum atomic E-state index is -0.280. The summed E-state index contributed by atoms with van der Waals surface area (Å²) in [6.45, 7) is 4.83. The van der Waals surface area contributed by atoms with Gasteiger partial charge in [-0.1, -0.05) is 32.0 Å². The number of fused-ring (bicyclic) bond motifs is 2. The summed E-state index contributed by atoms with van der Waals surface area (Å²) in [6, 6.07) is 12.4. The molecule has 0 fully saturated rings. The number of nitrogens with zero attached hydrogens (tertiary/aromatic N) is 1. The van der Waals surface area contributed by atoms with Gasteiger partial charge in [0, 0.05) is 17.0 Å². The molecular weight excluding hydrogens is 278 g/mol. The number of hydrogen-bond donors (Lipinski definition) is 0. The smallest absolute Gasteiger partial charge is 0.266 e. The molecule has 2 aromatic carbocycles. The number of carbonyl (C=O) groups excluding carboxylic acids is 2. The van der Waals surface area contributed by atoms with E-state index < -0.39 is 0 Å². The van der Waals surface area contributed by atoms with Crippen molar-refractivity contribution < 1.29 is 14.3 Å². The predicted octanol–water partition coefficient (Wildman–Crippen LogP) is 3.16. The van der Waals surface area contributed by atoms with E-state index in [0.29, 0.717) is 23.4 Å². The van der Waals surface area contributed by atoms with Crippen molar-refractivity contribution in [3.8, 4) is 5.75 Å². The predicted molar refractivity (Wildman–Crippen MR) is 82.5 cm³/mol. The molecule has 0 unspecified atom stereocenters. The third kappa shape index (κ3) is 1.64. The molecule has 0 atom stereocenters. The van der Waals surface area contributed by atoms with Gasteiger partial charge in [-0.2, -0.15) is 0 Å². The van der Waals surface area contributed by atoms with E-state index in [2.05, 4.69) is 13.8 Å². The van der Waals surface area contributed by atoms with Crippen LogP contribution in [0.4, 0.5) is 5.69 Å². The number of rotatable bonds is 1. The van der Waals surface area contributed by atoms with Crippen LogP contribution >= 0.6 is 0 Å². The number of carbonyl (C=O) groups is 2. The van der Waals surface area contributed by atoms with Gasteiger partial charge in [0.05, 0.1) is 23.4 Å². The summed E-state index contributed by atoms with van der Waals surface area (Å²) >= 11 is 0. The average molecular weight is 293 g/mol. The molecule has 2 amide bonds. The second-order valence-corrected chi connectivity index (χ2v) is 6.34. The normalized spacial score (nSPS) is 18.2. The van der Waals surface area contributed by atoms with Crippen LogP contribution < -0.4 is 9.64 Å². The molecule has 110 valence electrons. The van der Waals surface area contributed by atoms with Crippen molar-refractivity contribution in [3.05, 3.63) is 59.2 Å². The minimum absolute atomic E-state index is 0.0458. The molecule has 4 heteroatoms. The first kappa shape index (κ1) is 13.1. The van der Waals surface area contributed by atoms with Crippen LogP contribution in [-0.4, -0.2) is 18.4 Å². The maximum absolute atomic E-state index is 12.5.